The van der Waals surface area contributed by atoms with Gasteiger partial charge < -0.3 is 9.84 Å². The summed E-state index contributed by atoms with van der Waals surface area (Å²) in [4.78, 5) is 16.5. The van der Waals surface area contributed by atoms with Gasteiger partial charge in [0.1, 0.15) is 0 Å². The van der Waals surface area contributed by atoms with Crippen molar-refractivity contribution in [2.24, 2.45) is 0 Å². The Morgan fingerprint density at radius 2 is 1.83 bits per heavy atom. The molecule has 0 fully saturated rings. The molecular weight excluding hydrogens is 326 g/mol. The van der Waals surface area contributed by atoms with Gasteiger partial charge in [0.15, 0.2) is 0 Å². The van der Waals surface area contributed by atoms with Crippen molar-refractivity contribution in [1.29, 1.82) is 0 Å². The van der Waals surface area contributed by atoms with Crippen LogP contribution in [0.5, 0.6) is 0 Å². The van der Waals surface area contributed by atoms with E-state index in [-0.39, 0.29) is 5.91 Å². The number of benzene rings is 2. The number of carbonyl (C=O) groups is 1. The predicted molar refractivity (Wildman–Crippen MR) is 91.7 cm³/mol. The molecular formula is C18H16ClN3O2. The highest BCUT2D eigenvalue weighted by molar-refractivity contribution is 6.30. The molecule has 1 amide bonds. The van der Waals surface area contributed by atoms with E-state index in [4.69, 9.17) is 16.1 Å². The number of nitrogens with one attached hydrogen (secondary N) is 1. The Labute approximate surface area is 144 Å². The Bertz CT molecular complexity index is 826. The van der Waals surface area contributed by atoms with Crippen molar-refractivity contribution in [2.75, 3.05) is 0 Å². The van der Waals surface area contributed by atoms with E-state index in [2.05, 4.69) is 15.5 Å². The van der Waals surface area contributed by atoms with Gasteiger partial charge in [-0.25, -0.2) is 0 Å². The van der Waals surface area contributed by atoms with E-state index in [1.807, 2.05) is 31.2 Å². The molecule has 5 nitrogen and oxygen atoms in total. The fourth-order valence-corrected chi connectivity index (χ4v) is 2.30. The molecule has 122 valence electrons. The molecule has 0 radical (unpaired) electrons. The highest BCUT2D eigenvalue weighted by Gasteiger charge is 2.09. The van der Waals surface area contributed by atoms with E-state index < -0.39 is 0 Å². The average molecular weight is 342 g/mol. The van der Waals surface area contributed by atoms with Crippen molar-refractivity contribution >= 4 is 17.5 Å². The first-order valence-electron chi connectivity index (χ1n) is 7.61. The monoisotopic (exact) mass is 341 g/mol. The average Bonchev–Trinajstić information content (AvgIpc) is 3.10. The van der Waals surface area contributed by atoms with Gasteiger partial charge in [0.05, 0.1) is 0 Å². The zero-order valence-electron chi connectivity index (χ0n) is 13.1. The summed E-state index contributed by atoms with van der Waals surface area (Å²) in [5.74, 6) is 0.980. The molecule has 0 aliphatic rings. The van der Waals surface area contributed by atoms with E-state index in [1.165, 1.54) is 0 Å². The van der Waals surface area contributed by atoms with E-state index in [0.29, 0.717) is 35.3 Å². The normalized spacial score (nSPS) is 10.6. The first-order chi connectivity index (χ1) is 11.7. The highest BCUT2D eigenvalue weighted by Crippen LogP contribution is 2.17. The number of nitrogens with zero attached hydrogens (tertiary/aromatic N) is 2. The molecule has 1 heterocycles. The third kappa shape index (κ3) is 3.81. The molecule has 0 aliphatic heterocycles. The van der Waals surface area contributed by atoms with Crippen LogP contribution in [-0.2, 0) is 13.0 Å². The largest absolute Gasteiger partial charge is 0.348 e. The second kappa shape index (κ2) is 7.27. The Hall–Kier alpha value is -2.66. The van der Waals surface area contributed by atoms with Crippen molar-refractivity contribution in [3.05, 3.63) is 70.6 Å². The quantitative estimate of drug-likeness (QED) is 0.764. The first-order valence-corrected chi connectivity index (χ1v) is 7.99. The molecule has 0 unspecified atom stereocenters. The SMILES string of the molecule is CCc1nc(-c2ccc(C(=O)NCc3ccc(Cl)cc3)cc2)no1. The van der Waals surface area contributed by atoms with Gasteiger partial charge in [-0.15, -0.1) is 0 Å². The number of carbonyl (C=O) groups excluding carboxylic acids is 1. The van der Waals surface area contributed by atoms with E-state index in [9.17, 15) is 4.79 Å². The molecule has 0 atom stereocenters. The number of amides is 1. The third-order valence-corrected chi connectivity index (χ3v) is 3.79. The first kappa shape index (κ1) is 16.2. The molecule has 3 aromatic rings. The Morgan fingerprint density at radius 1 is 1.12 bits per heavy atom. The molecule has 0 spiro atoms. The molecule has 1 aromatic heterocycles. The minimum atomic E-state index is -0.140. The lowest BCUT2D eigenvalue weighted by molar-refractivity contribution is 0.0951. The fraction of sp³-hybridized carbons (Fsp3) is 0.167. The van der Waals surface area contributed by atoms with E-state index >= 15 is 0 Å². The molecule has 0 saturated carbocycles. The second-order valence-corrected chi connectivity index (χ2v) is 5.69. The Morgan fingerprint density at radius 3 is 2.46 bits per heavy atom. The summed E-state index contributed by atoms with van der Waals surface area (Å²) in [6, 6.07) is 14.5. The molecule has 2 aromatic carbocycles. The number of hydrogen-bond acceptors (Lipinski definition) is 4. The van der Waals surface area contributed by atoms with Crippen LogP contribution in [0.25, 0.3) is 11.4 Å². The topological polar surface area (TPSA) is 68.0 Å². The minimum Gasteiger partial charge on any atom is -0.348 e. The van der Waals surface area contributed by atoms with Crippen molar-refractivity contribution in [2.45, 2.75) is 19.9 Å². The molecule has 0 saturated heterocycles. The maximum atomic E-state index is 12.2. The molecule has 0 aliphatic carbocycles. The number of hydrogen-bond donors (Lipinski definition) is 1. The van der Waals surface area contributed by atoms with Crippen LogP contribution in [0.4, 0.5) is 0 Å². The molecule has 6 heteroatoms. The number of aryl methyl sites for hydroxylation is 1. The summed E-state index contributed by atoms with van der Waals surface area (Å²) in [5.41, 5.74) is 2.38. The van der Waals surface area contributed by atoms with Crippen LogP contribution < -0.4 is 5.32 Å². The summed E-state index contributed by atoms with van der Waals surface area (Å²) in [5, 5.41) is 7.47. The third-order valence-electron chi connectivity index (χ3n) is 3.54. The smallest absolute Gasteiger partial charge is 0.251 e. The summed E-state index contributed by atoms with van der Waals surface area (Å²) >= 11 is 5.84. The Balaban J connectivity index is 1.64. The van der Waals surface area contributed by atoms with E-state index in [1.54, 1.807) is 24.3 Å². The predicted octanol–water partition coefficient (Wildman–Crippen LogP) is 3.88. The van der Waals surface area contributed by atoms with Crippen molar-refractivity contribution in [1.82, 2.24) is 15.5 Å². The maximum Gasteiger partial charge on any atom is 0.251 e. The molecule has 24 heavy (non-hydrogen) atoms. The summed E-state index contributed by atoms with van der Waals surface area (Å²) in [6.45, 7) is 2.40. The van der Waals surface area contributed by atoms with Gasteiger partial charge in [0.2, 0.25) is 11.7 Å². The lowest BCUT2D eigenvalue weighted by atomic mass is 10.1. The molecule has 3 rings (SSSR count). The van der Waals surface area contributed by atoms with Gasteiger partial charge in [0.25, 0.3) is 5.91 Å². The summed E-state index contributed by atoms with van der Waals surface area (Å²) in [6.07, 6.45) is 0.693. The molecule has 0 bridgehead atoms. The van der Waals surface area contributed by atoms with Crippen LogP contribution in [0.15, 0.2) is 53.1 Å². The second-order valence-electron chi connectivity index (χ2n) is 5.25. The van der Waals surface area contributed by atoms with Crippen molar-refractivity contribution in [3.63, 3.8) is 0 Å². The maximum absolute atomic E-state index is 12.2. The molecule has 1 N–H and O–H groups in total. The Kier molecular flexibility index (Phi) is 4.91. The van der Waals surface area contributed by atoms with Gasteiger partial charge in [-0.2, -0.15) is 4.98 Å². The summed E-state index contributed by atoms with van der Waals surface area (Å²) in [7, 11) is 0. The number of rotatable bonds is 5. The van der Waals surface area contributed by atoms with E-state index in [0.717, 1.165) is 11.1 Å². The minimum absolute atomic E-state index is 0.140. The highest BCUT2D eigenvalue weighted by atomic mass is 35.5. The van der Waals surface area contributed by atoms with Gasteiger partial charge in [-0.05, 0) is 29.8 Å². The van der Waals surface area contributed by atoms with Gasteiger partial charge in [0, 0.05) is 29.1 Å². The fourth-order valence-electron chi connectivity index (χ4n) is 2.17. The van der Waals surface area contributed by atoms with Gasteiger partial charge in [-0.1, -0.05) is 47.9 Å². The van der Waals surface area contributed by atoms with Crippen LogP contribution in [0.3, 0.4) is 0 Å². The van der Waals surface area contributed by atoms with Crippen LogP contribution >= 0.6 is 11.6 Å². The van der Waals surface area contributed by atoms with Crippen LogP contribution in [0.1, 0.15) is 28.7 Å². The summed E-state index contributed by atoms with van der Waals surface area (Å²) < 4.78 is 5.09. The zero-order valence-corrected chi connectivity index (χ0v) is 13.9. The van der Waals surface area contributed by atoms with Crippen molar-refractivity contribution in [3.8, 4) is 11.4 Å². The number of halogens is 1. The van der Waals surface area contributed by atoms with Crippen LogP contribution in [0.2, 0.25) is 5.02 Å². The van der Waals surface area contributed by atoms with Crippen LogP contribution in [-0.4, -0.2) is 16.0 Å². The van der Waals surface area contributed by atoms with Gasteiger partial charge >= 0.3 is 0 Å². The number of aromatic nitrogens is 2. The lowest BCUT2D eigenvalue weighted by Gasteiger charge is -2.06. The lowest BCUT2D eigenvalue weighted by Crippen LogP contribution is -2.22. The van der Waals surface area contributed by atoms with Crippen molar-refractivity contribution < 1.29 is 9.32 Å². The zero-order chi connectivity index (χ0) is 16.9. The van der Waals surface area contributed by atoms with Crippen LogP contribution in [0, 0.1) is 0 Å². The van der Waals surface area contributed by atoms with Gasteiger partial charge in [-0.3, -0.25) is 4.79 Å². The standard InChI is InChI=1S/C18H16ClN3O2/c1-2-16-21-17(22-24-16)13-5-7-14(8-6-13)18(23)20-11-12-3-9-15(19)10-4-12/h3-10H,2,11H2,1H3,(H,20,23).